The summed E-state index contributed by atoms with van der Waals surface area (Å²) in [6.07, 6.45) is 1.40. The minimum Gasteiger partial charge on any atom is -0.508 e. The topological polar surface area (TPSA) is 214 Å². The molecule has 4 aliphatic rings. The van der Waals surface area contributed by atoms with Gasteiger partial charge in [0, 0.05) is 11.5 Å². The summed E-state index contributed by atoms with van der Waals surface area (Å²) >= 11 is 0. The summed E-state index contributed by atoms with van der Waals surface area (Å²) in [4.78, 5) is 55.5. The lowest BCUT2D eigenvalue weighted by atomic mass is 9.54. The molecule has 1 heterocycles. The molecule has 0 radical (unpaired) electrons. The Morgan fingerprint density at radius 2 is 1.76 bits per heavy atom. The fourth-order valence-corrected chi connectivity index (χ4v) is 7.23. The number of phenols is 1. The zero-order valence-corrected chi connectivity index (χ0v) is 23.6. The van der Waals surface area contributed by atoms with Crippen LogP contribution in [0.4, 0.5) is 5.69 Å². The second kappa shape index (κ2) is 10.5. The number of carbonyl (C=O) groups is 4. The molecule has 2 fully saturated rings. The van der Waals surface area contributed by atoms with Crippen molar-refractivity contribution in [3.05, 3.63) is 40.2 Å². The van der Waals surface area contributed by atoms with Crippen molar-refractivity contribution in [3.63, 3.8) is 0 Å². The van der Waals surface area contributed by atoms with Crippen LogP contribution in [-0.4, -0.2) is 110 Å². The van der Waals surface area contributed by atoms with Crippen molar-refractivity contribution in [1.29, 1.82) is 0 Å². The van der Waals surface area contributed by atoms with Gasteiger partial charge in [-0.25, -0.2) is 0 Å². The average Bonchev–Trinajstić information content (AvgIpc) is 2.92. The van der Waals surface area contributed by atoms with Gasteiger partial charge in [-0.2, -0.15) is 0 Å². The number of rotatable bonds is 5. The molecule has 6 atom stereocenters. The largest absolute Gasteiger partial charge is 0.508 e. The molecule has 42 heavy (non-hydrogen) atoms. The molecule has 1 aliphatic heterocycles. The summed E-state index contributed by atoms with van der Waals surface area (Å²) in [5.41, 5.74) is 1.05. The predicted octanol–water partition coefficient (Wildman–Crippen LogP) is -0.0798. The maximum Gasteiger partial charge on any atom is 0.255 e. The summed E-state index contributed by atoms with van der Waals surface area (Å²) in [6.45, 7) is 3.32. The van der Waals surface area contributed by atoms with Gasteiger partial charge in [0.05, 0.1) is 35.9 Å². The van der Waals surface area contributed by atoms with Gasteiger partial charge in [0.1, 0.15) is 22.8 Å². The highest BCUT2D eigenvalue weighted by Gasteiger charge is 2.68. The lowest BCUT2D eigenvalue weighted by molar-refractivity contribution is -0.169. The molecule has 1 aromatic carbocycles. The first kappa shape index (κ1) is 29.7. The van der Waals surface area contributed by atoms with E-state index in [4.69, 9.17) is 5.73 Å². The number of fused-ring (bicyclic) bond motifs is 3. The fourth-order valence-electron chi connectivity index (χ4n) is 7.23. The number of likely N-dealkylation sites (N-methyl/N-ethyl adjacent to an activating group) is 1. The van der Waals surface area contributed by atoms with E-state index in [2.05, 4.69) is 5.32 Å². The number of ketones is 2. The summed E-state index contributed by atoms with van der Waals surface area (Å²) in [6, 6.07) is 1.60. The van der Waals surface area contributed by atoms with Crippen molar-refractivity contribution in [1.82, 2.24) is 9.80 Å². The number of amides is 2. The molecular formula is C29H36N4O9. The van der Waals surface area contributed by atoms with E-state index in [1.54, 1.807) is 13.0 Å². The zero-order valence-electron chi connectivity index (χ0n) is 23.6. The third-order valence-corrected chi connectivity index (χ3v) is 9.22. The third-order valence-electron chi connectivity index (χ3n) is 9.22. The highest BCUT2D eigenvalue weighted by Crippen LogP contribution is 2.56. The van der Waals surface area contributed by atoms with Crippen molar-refractivity contribution in [3.8, 4) is 5.75 Å². The highest BCUT2D eigenvalue weighted by atomic mass is 16.4. The molecule has 3 aliphatic carbocycles. The minimum atomic E-state index is -2.99. The molecule has 0 aromatic heterocycles. The van der Waals surface area contributed by atoms with Crippen molar-refractivity contribution in [2.45, 2.75) is 49.9 Å². The van der Waals surface area contributed by atoms with E-state index in [-0.39, 0.29) is 23.7 Å². The third kappa shape index (κ3) is 4.22. The van der Waals surface area contributed by atoms with E-state index in [0.29, 0.717) is 5.56 Å². The normalized spacial score (nSPS) is 31.5. The second-order valence-corrected chi connectivity index (χ2v) is 11.9. The van der Waals surface area contributed by atoms with Gasteiger partial charge in [-0.05, 0) is 57.6 Å². The monoisotopic (exact) mass is 584 g/mol. The van der Waals surface area contributed by atoms with Crippen molar-refractivity contribution in [2.75, 3.05) is 39.0 Å². The minimum absolute atomic E-state index is 0.0105. The van der Waals surface area contributed by atoms with Crippen LogP contribution in [0.1, 0.15) is 43.2 Å². The smallest absolute Gasteiger partial charge is 0.255 e. The number of phenolic OH excluding ortho intramolecular Hbond substituents is 1. The molecule has 0 unspecified atom stereocenters. The molecule has 226 valence electrons. The van der Waals surface area contributed by atoms with E-state index < -0.39 is 81.4 Å². The predicted molar refractivity (Wildman–Crippen MR) is 149 cm³/mol. The van der Waals surface area contributed by atoms with Crippen LogP contribution < -0.4 is 11.1 Å². The number of nitrogens with one attached hydrogen (secondary N) is 1. The Bertz CT molecular complexity index is 1440. The van der Waals surface area contributed by atoms with E-state index in [1.165, 1.54) is 25.1 Å². The number of nitrogens with zero attached hydrogens (tertiary/aromatic N) is 2. The Morgan fingerprint density at radius 1 is 1.12 bits per heavy atom. The number of nitrogens with two attached hydrogens (primary N) is 1. The molecule has 5 rings (SSSR count). The molecule has 8 N–H and O–H groups in total. The molecule has 13 nitrogen and oxygen atoms in total. The number of benzene rings is 1. The van der Waals surface area contributed by atoms with E-state index >= 15 is 0 Å². The number of Topliss-reactive ketones (excluding diaryl/α,β-unsaturated/α-hetero) is 2. The molecule has 1 aromatic rings. The highest BCUT2D eigenvalue weighted by molar-refractivity contribution is 6.24. The molecule has 0 bridgehead atoms. The number of likely N-dealkylation sites (tertiary alicyclic amines) is 1. The number of aliphatic hydroxyl groups is 4. The van der Waals surface area contributed by atoms with Crippen LogP contribution in [0.2, 0.25) is 0 Å². The molecule has 13 heteroatoms. The van der Waals surface area contributed by atoms with Gasteiger partial charge in [-0.1, -0.05) is 19.4 Å². The van der Waals surface area contributed by atoms with E-state index in [0.717, 1.165) is 32.4 Å². The van der Waals surface area contributed by atoms with Gasteiger partial charge in [0.2, 0.25) is 11.7 Å². The lowest BCUT2D eigenvalue weighted by Gasteiger charge is -2.53. The quantitative estimate of drug-likeness (QED) is 0.179. The lowest BCUT2D eigenvalue weighted by Crippen LogP contribution is -2.70. The van der Waals surface area contributed by atoms with Gasteiger partial charge in [-0.15, -0.1) is 0 Å². The van der Waals surface area contributed by atoms with Crippen LogP contribution in [0.3, 0.4) is 0 Å². The van der Waals surface area contributed by atoms with E-state index in [9.17, 15) is 44.7 Å². The number of piperidine rings is 1. The Kier molecular flexibility index (Phi) is 7.42. The van der Waals surface area contributed by atoms with Crippen molar-refractivity contribution < 1.29 is 44.7 Å². The fraction of sp³-hybridized carbons (Fsp3) is 0.517. The Morgan fingerprint density at radius 3 is 2.36 bits per heavy atom. The standard InChI is InChI=1S/C29H36N4O9/c1-12-13-7-8-14(31-15(34)11-33-9-5-4-6-10-33)22(35)17(13)23(36)18-16(12)24(37)20-21(32(2)3)25(38)19(28(30)41)27(40)29(20,42)26(18)39/h7-8,12,16,20-21,24,35-37,40,42H,4-6,9-11H2,1-3H3,(H2,30,41)(H,31,34)/t12-,16+,20+,21-,24-,29-/m0/s1. The van der Waals surface area contributed by atoms with Crippen molar-refractivity contribution in [2.24, 2.45) is 17.6 Å². The van der Waals surface area contributed by atoms with Gasteiger partial charge < -0.3 is 36.6 Å². The van der Waals surface area contributed by atoms with Crippen LogP contribution in [0.15, 0.2) is 29.0 Å². The zero-order chi connectivity index (χ0) is 30.8. The number of aliphatic hydroxyl groups excluding tert-OH is 3. The van der Waals surface area contributed by atoms with Crippen LogP contribution >= 0.6 is 0 Å². The van der Waals surface area contributed by atoms with Crippen LogP contribution in [0, 0.1) is 11.8 Å². The number of aromatic hydroxyl groups is 1. The van der Waals surface area contributed by atoms with Crippen LogP contribution in [0.25, 0.3) is 5.76 Å². The van der Waals surface area contributed by atoms with Gasteiger partial charge in [-0.3, -0.25) is 29.0 Å². The average molecular weight is 585 g/mol. The number of primary amides is 1. The molecule has 1 saturated carbocycles. The van der Waals surface area contributed by atoms with Gasteiger partial charge >= 0.3 is 0 Å². The number of anilines is 1. The molecule has 1 saturated heterocycles. The summed E-state index contributed by atoms with van der Waals surface area (Å²) in [5.74, 6) is -10.1. The summed E-state index contributed by atoms with van der Waals surface area (Å²) in [5, 5.41) is 59.7. The summed E-state index contributed by atoms with van der Waals surface area (Å²) < 4.78 is 0. The number of hydrogen-bond acceptors (Lipinski definition) is 11. The maximum absolute atomic E-state index is 14.1. The van der Waals surface area contributed by atoms with Crippen LogP contribution in [-0.2, 0) is 19.2 Å². The first-order chi connectivity index (χ1) is 19.7. The van der Waals surface area contributed by atoms with Gasteiger partial charge in [0.15, 0.2) is 11.4 Å². The summed E-state index contributed by atoms with van der Waals surface area (Å²) in [7, 11) is 2.89. The Hall–Kier alpha value is -3.78. The molecule has 0 spiro atoms. The molecular weight excluding hydrogens is 548 g/mol. The number of carbonyl (C=O) groups excluding carboxylic acids is 4. The van der Waals surface area contributed by atoms with Crippen molar-refractivity contribution >= 4 is 34.8 Å². The first-order valence-corrected chi connectivity index (χ1v) is 13.9. The molecule has 2 amide bonds. The van der Waals surface area contributed by atoms with Crippen LogP contribution in [0.5, 0.6) is 5.75 Å². The Labute approximate surface area is 241 Å². The number of hydrogen-bond donors (Lipinski definition) is 7. The van der Waals surface area contributed by atoms with Gasteiger partial charge in [0.25, 0.3) is 5.91 Å². The Balaban J connectivity index is 1.61. The van der Waals surface area contributed by atoms with E-state index in [1.807, 2.05) is 4.90 Å². The maximum atomic E-state index is 14.1. The second-order valence-electron chi connectivity index (χ2n) is 11.9. The first-order valence-electron chi connectivity index (χ1n) is 13.9. The SMILES string of the molecule is C[C@H]1c2ccc(NC(=O)CN3CCCCC3)c(O)c2C(O)=C2C(=O)[C@]3(O)C(O)=C(C(N)=O)C(=O)[C@@H](N(C)C)[C@@H]3[C@@H](O)[C@@H]21.